The molecule has 4 nitrogen and oxygen atoms in total. The summed E-state index contributed by atoms with van der Waals surface area (Å²) in [6.07, 6.45) is 7.63. The molecule has 1 saturated heterocycles. The number of nitrogens with zero attached hydrogens (tertiary/aromatic N) is 2. The van der Waals surface area contributed by atoms with Gasteiger partial charge in [-0.2, -0.15) is 0 Å². The molecule has 1 aromatic carbocycles. The fourth-order valence-electron chi connectivity index (χ4n) is 4.93. The quantitative estimate of drug-likeness (QED) is 0.880. The number of benzene rings is 1. The number of amides is 1. The van der Waals surface area contributed by atoms with E-state index in [9.17, 15) is 4.79 Å². The van der Waals surface area contributed by atoms with Gasteiger partial charge in [0.05, 0.1) is 0 Å². The van der Waals surface area contributed by atoms with Crippen LogP contribution in [0.15, 0.2) is 18.2 Å². The van der Waals surface area contributed by atoms with Crippen LogP contribution in [0, 0.1) is 0 Å². The smallest absolute Gasteiger partial charge is 0.226 e. The zero-order valence-electron chi connectivity index (χ0n) is 16.3. The summed E-state index contributed by atoms with van der Waals surface area (Å²) in [6, 6.07) is 8.36. The van der Waals surface area contributed by atoms with Crippen LogP contribution in [-0.2, 0) is 11.2 Å². The second-order valence-electron chi connectivity index (χ2n) is 8.34. The Balaban J connectivity index is 1.45. The van der Waals surface area contributed by atoms with Crippen LogP contribution in [-0.4, -0.2) is 49.6 Å². The highest BCUT2D eigenvalue weighted by Crippen LogP contribution is 2.46. The summed E-state index contributed by atoms with van der Waals surface area (Å²) in [5.74, 6) is 0.970. The van der Waals surface area contributed by atoms with Crippen LogP contribution in [0.2, 0.25) is 0 Å². The van der Waals surface area contributed by atoms with Gasteiger partial charge in [-0.1, -0.05) is 19.1 Å². The van der Waals surface area contributed by atoms with Gasteiger partial charge < -0.3 is 10.2 Å². The molecule has 1 aliphatic carbocycles. The van der Waals surface area contributed by atoms with Crippen molar-refractivity contribution in [3.05, 3.63) is 29.3 Å². The Morgan fingerprint density at radius 2 is 2.12 bits per heavy atom. The maximum absolute atomic E-state index is 12.4. The highest BCUT2D eigenvalue weighted by Gasteiger charge is 2.43. The fraction of sp³-hybridized carbons (Fsp3) is 0.682. The molecule has 0 aromatic heterocycles. The minimum atomic E-state index is 0.288. The number of fused-ring (bicyclic) bond motifs is 1. The van der Waals surface area contributed by atoms with Crippen LogP contribution in [0.1, 0.15) is 62.5 Å². The van der Waals surface area contributed by atoms with Gasteiger partial charge in [0.25, 0.3) is 0 Å². The molecular weight excluding hydrogens is 322 g/mol. The van der Waals surface area contributed by atoms with E-state index in [0.717, 1.165) is 44.9 Å². The van der Waals surface area contributed by atoms with Gasteiger partial charge in [0, 0.05) is 36.7 Å². The molecule has 4 rings (SSSR count). The normalized spacial score (nSPS) is 26.0. The number of anilines is 1. The second-order valence-corrected chi connectivity index (χ2v) is 8.34. The van der Waals surface area contributed by atoms with Gasteiger partial charge in [-0.05, 0) is 75.9 Å². The molecule has 0 spiro atoms. The molecule has 2 aliphatic heterocycles. The number of hydrogen-bond acceptors (Lipinski definition) is 3. The summed E-state index contributed by atoms with van der Waals surface area (Å²) in [5.41, 5.74) is 4.04. The zero-order valence-corrected chi connectivity index (χ0v) is 16.3. The van der Waals surface area contributed by atoms with Gasteiger partial charge in [-0.25, -0.2) is 0 Å². The molecule has 2 atom stereocenters. The van der Waals surface area contributed by atoms with E-state index in [1.807, 2.05) is 4.90 Å². The Hall–Kier alpha value is -1.39. The molecule has 2 unspecified atom stereocenters. The lowest BCUT2D eigenvalue weighted by Gasteiger charge is -2.32. The maximum atomic E-state index is 12.4. The van der Waals surface area contributed by atoms with Crippen molar-refractivity contribution >= 4 is 11.6 Å². The van der Waals surface area contributed by atoms with Crippen molar-refractivity contribution in [2.45, 2.75) is 69.9 Å². The largest absolute Gasteiger partial charge is 0.317 e. The van der Waals surface area contributed by atoms with Crippen molar-refractivity contribution in [3.8, 4) is 0 Å². The summed E-state index contributed by atoms with van der Waals surface area (Å²) in [6.45, 7) is 5.29. The molecule has 1 aromatic rings. The van der Waals surface area contributed by atoms with Crippen molar-refractivity contribution in [2.24, 2.45) is 0 Å². The number of likely N-dealkylation sites (N-methyl/N-ethyl adjacent to an activating group) is 1. The van der Waals surface area contributed by atoms with Crippen molar-refractivity contribution in [2.75, 3.05) is 31.6 Å². The van der Waals surface area contributed by atoms with Gasteiger partial charge in [-0.15, -0.1) is 0 Å². The minimum Gasteiger partial charge on any atom is -0.317 e. The first-order valence-electron chi connectivity index (χ1n) is 10.5. The number of nitrogens with one attached hydrogen (secondary N) is 1. The first-order valence-corrected chi connectivity index (χ1v) is 10.5. The zero-order chi connectivity index (χ0) is 18.1. The van der Waals surface area contributed by atoms with Crippen molar-refractivity contribution in [1.82, 2.24) is 10.2 Å². The van der Waals surface area contributed by atoms with Crippen molar-refractivity contribution in [3.63, 3.8) is 0 Å². The van der Waals surface area contributed by atoms with Crippen LogP contribution < -0.4 is 10.2 Å². The third-order valence-corrected chi connectivity index (χ3v) is 6.58. The molecular formula is C22H33N3O. The van der Waals surface area contributed by atoms with Crippen LogP contribution in [0.3, 0.4) is 0 Å². The number of hydrogen-bond donors (Lipinski definition) is 1. The predicted molar refractivity (Wildman–Crippen MR) is 107 cm³/mol. The molecule has 2 heterocycles. The molecule has 2 fully saturated rings. The topological polar surface area (TPSA) is 35.6 Å². The Labute approximate surface area is 157 Å². The first-order chi connectivity index (χ1) is 12.7. The highest BCUT2D eigenvalue weighted by atomic mass is 16.2. The van der Waals surface area contributed by atoms with Crippen LogP contribution in [0.4, 0.5) is 5.69 Å². The number of carbonyl (C=O) groups excluding carboxylic acids is 1. The molecule has 1 N–H and O–H groups in total. The second kappa shape index (κ2) is 7.69. The molecule has 0 bridgehead atoms. The number of rotatable bonds is 5. The summed E-state index contributed by atoms with van der Waals surface area (Å²) in [4.78, 5) is 17.1. The lowest BCUT2D eigenvalue weighted by molar-refractivity contribution is -0.118. The molecule has 142 valence electrons. The lowest BCUT2D eigenvalue weighted by Crippen LogP contribution is -2.42. The average molecular weight is 356 g/mol. The third-order valence-electron chi connectivity index (χ3n) is 6.58. The van der Waals surface area contributed by atoms with E-state index in [4.69, 9.17) is 0 Å². The van der Waals surface area contributed by atoms with Gasteiger partial charge >= 0.3 is 0 Å². The van der Waals surface area contributed by atoms with E-state index in [1.165, 1.54) is 36.1 Å². The predicted octanol–water partition coefficient (Wildman–Crippen LogP) is 3.31. The number of aryl methyl sites for hydroxylation is 1. The van der Waals surface area contributed by atoms with Gasteiger partial charge in [0.15, 0.2) is 0 Å². The highest BCUT2D eigenvalue weighted by molar-refractivity contribution is 5.94. The van der Waals surface area contributed by atoms with Crippen LogP contribution in [0.25, 0.3) is 0 Å². The SMILES string of the molecule is CCCC(=O)N1CCCc2cc(C3CC3N(C)C3CCNCC3)ccc21. The summed E-state index contributed by atoms with van der Waals surface area (Å²) in [7, 11) is 2.32. The summed E-state index contributed by atoms with van der Waals surface area (Å²) >= 11 is 0. The minimum absolute atomic E-state index is 0.288. The van der Waals surface area contributed by atoms with Crippen molar-refractivity contribution in [1.29, 1.82) is 0 Å². The van der Waals surface area contributed by atoms with E-state index in [2.05, 4.69) is 42.4 Å². The average Bonchev–Trinajstić information content (AvgIpc) is 3.48. The molecule has 1 saturated carbocycles. The van der Waals surface area contributed by atoms with E-state index in [-0.39, 0.29) is 5.91 Å². The molecule has 1 amide bonds. The summed E-state index contributed by atoms with van der Waals surface area (Å²) < 4.78 is 0. The Morgan fingerprint density at radius 1 is 1.31 bits per heavy atom. The standard InChI is InChI=1S/C22H33N3O/c1-3-5-22(26)25-13-4-6-17-14-16(7-8-20(17)25)19-15-21(19)24(2)18-9-11-23-12-10-18/h7-8,14,18-19,21,23H,3-6,9-13,15H2,1-2H3. The lowest BCUT2D eigenvalue weighted by atomic mass is 9.96. The number of carbonyl (C=O) groups is 1. The van der Waals surface area contributed by atoms with E-state index in [0.29, 0.717) is 18.4 Å². The summed E-state index contributed by atoms with van der Waals surface area (Å²) in [5, 5.41) is 3.47. The number of piperidine rings is 1. The van der Waals surface area contributed by atoms with E-state index >= 15 is 0 Å². The third kappa shape index (κ3) is 3.54. The molecule has 4 heteroatoms. The molecule has 3 aliphatic rings. The van der Waals surface area contributed by atoms with E-state index < -0.39 is 0 Å². The van der Waals surface area contributed by atoms with E-state index in [1.54, 1.807) is 0 Å². The van der Waals surface area contributed by atoms with Crippen molar-refractivity contribution < 1.29 is 4.79 Å². The van der Waals surface area contributed by atoms with Crippen LogP contribution in [0.5, 0.6) is 0 Å². The molecule has 26 heavy (non-hydrogen) atoms. The Kier molecular flexibility index (Phi) is 5.32. The van der Waals surface area contributed by atoms with Gasteiger partial charge in [0.1, 0.15) is 0 Å². The Bertz CT molecular complexity index is 653. The molecule has 0 radical (unpaired) electrons. The monoisotopic (exact) mass is 355 g/mol. The Morgan fingerprint density at radius 3 is 2.88 bits per heavy atom. The first kappa shape index (κ1) is 18.0. The van der Waals surface area contributed by atoms with Crippen LogP contribution >= 0.6 is 0 Å². The van der Waals surface area contributed by atoms with Gasteiger partial charge in [-0.3, -0.25) is 9.69 Å². The van der Waals surface area contributed by atoms with Gasteiger partial charge in [0.2, 0.25) is 5.91 Å². The maximum Gasteiger partial charge on any atom is 0.226 e. The fourth-order valence-corrected chi connectivity index (χ4v) is 4.93.